The predicted molar refractivity (Wildman–Crippen MR) is 47.6 cm³/mol. The second kappa shape index (κ2) is 4.83. The summed E-state index contributed by atoms with van der Waals surface area (Å²) in [7, 11) is 0. The average Bonchev–Trinajstić information content (AvgIpc) is 1.99. The molecule has 0 aromatic heterocycles. The van der Waals surface area contributed by atoms with E-state index in [0.29, 0.717) is 5.92 Å². The molecule has 64 valence electrons. The van der Waals surface area contributed by atoms with Gasteiger partial charge in [-0.1, -0.05) is 27.4 Å². The minimum atomic E-state index is 0.333. The summed E-state index contributed by atoms with van der Waals surface area (Å²) in [6.07, 6.45) is 2.39. The number of ether oxygens (including phenoxy) is 1. The first kappa shape index (κ1) is 10.1. The molecule has 0 heterocycles. The average molecular weight is 155 g/mol. The Labute approximate surface area is 68.7 Å². The van der Waals surface area contributed by atoms with Crippen molar-refractivity contribution < 1.29 is 4.74 Å². The maximum Gasteiger partial charge on any atom is 0.109 e. The Morgan fingerprint density at radius 1 is 1.64 bits per heavy atom. The van der Waals surface area contributed by atoms with Crippen molar-refractivity contribution in [3.8, 4) is 0 Å². The molecule has 0 fully saturated rings. The summed E-state index contributed by atoms with van der Waals surface area (Å²) in [4.78, 5) is 0. The number of hydrogen-bond donors (Lipinski definition) is 1. The maximum atomic E-state index is 5.61. The van der Waals surface area contributed by atoms with Crippen molar-refractivity contribution in [3.05, 3.63) is 24.3 Å². The van der Waals surface area contributed by atoms with Crippen LogP contribution in [0, 0.1) is 5.92 Å². The van der Waals surface area contributed by atoms with Gasteiger partial charge in [0.15, 0.2) is 0 Å². The minimum absolute atomic E-state index is 0.333. The van der Waals surface area contributed by atoms with Crippen molar-refractivity contribution in [2.45, 2.75) is 27.2 Å². The highest BCUT2D eigenvalue weighted by atomic mass is 16.5. The van der Waals surface area contributed by atoms with Gasteiger partial charge in [0.05, 0.1) is 5.76 Å². The zero-order valence-electron chi connectivity index (χ0n) is 7.55. The molecule has 0 atom stereocenters. The van der Waals surface area contributed by atoms with Gasteiger partial charge >= 0.3 is 0 Å². The van der Waals surface area contributed by atoms with Gasteiger partial charge in [0.25, 0.3) is 0 Å². The van der Waals surface area contributed by atoms with Crippen molar-refractivity contribution in [1.82, 2.24) is 0 Å². The number of nitrogens with two attached hydrogens (primary N) is 1. The van der Waals surface area contributed by atoms with Crippen molar-refractivity contribution >= 4 is 0 Å². The first-order chi connectivity index (χ1) is 5.07. The van der Waals surface area contributed by atoms with Crippen LogP contribution in [0.2, 0.25) is 0 Å². The fraction of sp³-hybridized carbons (Fsp3) is 0.556. The molecule has 0 bridgehead atoms. The molecule has 0 aromatic carbocycles. The van der Waals surface area contributed by atoms with Crippen molar-refractivity contribution in [3.63, 3.8) is 0 Å². The third-order valence-corrected chi connectivity index (χ3v) is 1.42. The Hall–Kier alpha value is -0.920. The van der Waals surface area contributed by atoms with Crippen LogP contribution in [0.3, 0.4) is 0 Å². The van der Waals surface area contributed by atoms with Crippen LogP contribution in [-0.4, -0.2) is 0 Å². The zero-order valence-corrected chi connectivity index (χ0v) is 7.55. The van der Waals surface area contributed by atoms with E-state index in [9.17, 15) is 0 Å². The second-order valence-corrected chi connectivity index (χ2v) is 2.78. The van der Waals surface area contributed by atoms with Crippen molar-refractivity contribution in [2.24, 2.45) is 11.7 Å². The summed E-state index contributed by atoms with van der Waals surface area (Å²) in [6.45, 7) is 9.71. The molecule has 0 amide bonds. The van der Waals surface area contributed by atoms with Gasteiger partial charge in [-0.3, -0.25) is 0 Å². The number of hydrogen-bond acceptors (Lipinski definition) is 2. The normalized spacial score (nSPS) is 11.8. The first-order valence-electron chi connectivity index (χ1n) is 3.87. The van der Waals surface area contributed by atoms with E-state index in [2.05, 4.69) is 6.58 Å². The molecule has 0 aromatic rings. The zero-order chi connectivity index (χ0) is 8.85. The van der Waals surface area contributed by atoms with Crippen LogP contribution in [-0.2, 0) is 4.74 Å². The van der Waals surface area contributed by atoms with Crippen LogP contribution in [0.15, 0.2) is 24.3 Å². The molecule has 0 radical (unpaired) electrons. The second-order valence-electron chi connectivity index (χ2n) is 2.78. The SMILES string of the molecule is C=C(CC)O/C=C(\N)C(C)C. The van der Waals surface area contributed by atoms with Crippen LogP contribution in [0.4, 0.5) is 0 Å². The van der Waals surface area contributed by atoms with E-state index < -0.39 is 0 Å². The van der Waals surface area contributed by atoms with Crippen LogP contribution in [0.5, 0.6) is 0 Å². The molecular weight excluding hydrogens is 138 g/mol. The lowest BCUT2D eigenvalue weighted by Crippen LogP contribution is -2.05. The molecule has 0 saturated carbocycles. The summed E-state index contributed by atoms with van der Waals surface area (Å²) < 4.78 is 5.13. The molecule has 11 heavy (non-hydrogen) atoms. The Morgan fingerprint density at radius 3 is 2.55 bits per heavy atom. The molecule has 2 N–H and O–H groups in total. The maximum absolute atomic E-state index is 5.61. The summed E-state index contributed by atoms with van der Waals surface area (Å²) >= 11 is 0. The summed E-state index contributed by atoms with van der Waals surface area (Å²) in [5.74, 6) is 1.08. The lowest BCUT2D eigenvalue weighted by atomic mass is 10.2. The molecular formula is C9H17NO. The minimum Gasteiger partial charge on any atom is -0.468 e. The van der Waals surface area contributed by atoms with Crippen LogP contribution in [0.25, 0.3) is 0 Å². The van der Waals surface area contributed by atoms with E-state index in [0.717, 1.165) is 17.9 Å². The third kappa shape index (κ3) is 4.48. The highest BCUT2D eigenvalue weighted by Gasteiger charge is 1.96. The highest BCUT2D eigenvalue weighted by Crippen LogP contribution is 2.05. The van der Waals surface area contributed by atoms with Crippen LogP contribution in [0.1, 0.15) is 27.2 Å². The monoisotopic (exact) mass is 155 g/mol. The van der Waals surface area contributed by atoms with Gasteiger partial charge in [-0.2, -0.15) is 0 Å². The third-order valence-electron chi connectivity index (χ3n) is 1.42. The number of rotatable bonds is 4. The number of allylic oxidation sites excluding steroid dienone is 2. The van der Waals surface area contributed by atoms with Gasteiger partial charge in [-0.15, -0.1) is 0 Å². The van der Waals surface area contributed by atoms with Crippen LogP contribution < -0.4 is 5.73 Å². The van der Waals surface area contributed by atoms with Crippen molar-refractivity contribution in [2.75, 3.05) is 0 Å². The Balaban J connectivity index is 3.82. The van der Waals surface area contributed by atoms with E-state index >= 15 is 0 Å². The fourth-order valence-corrected chi connectivity index (χ4v) is 0.371. The van der Waals surface area contributed by atoms with Gasteiger partial charge in [-0.25, -0.2) is 0 Å². The molecule has 0 unspecified atom stereocenters. The van der Waals surface area contributed by atoms with E-state index in [1.807, 2.05) is 20.8 Å². The Bertz CT molecular complexity index is 159. The van der Waals surface area contributed by atoms with Gasteiger partial charge in [-0.05, 0) is 5.92 Å². The van der Waals surface area contributed by atoms with E-state index in [4.69, 9.17) is 10.5 Å². The smallest absolute Gasteiger partial charge is 0.109 e. The lowest BCUT2D eigenvalue weighted by molar-refractivity contribution is 0.332. The highest BCUT2D eigenvalue weighted by molar-refractivity contribution is 4.97. The first-order valence-corrected chi connectivity index (χ1v) is 3.87. The van der Waals surface area contributed by atoms with E-state index in [-0.39, 0.29) is 0 Å². The van der Waals surface area contributed by atoms with E-state index in [1.165, 1.54) is 0 Å². The molecule has 0 saturated heterocycles. The summed E-state index contributed by atoms with van der Waals surface area (Å²) in [5.41, 5.74) is 6.36. The largest absolute Gasteiger partial charge is 0.468 e. The molecule has 0 aliphatic rings. The topological polar surface area (TPSA) is 35.2 Å². The molecule has 2 heteroatoms. The van der Waals surface area contributed by atoms with E-state index in [1.54, 1.807) is 6.26 Å². The molecule has 0 rings (SSSR count). The standard InChI is InChI=1S/C9H17NO/c1-5-8(4)11-6-9(10)7(2)3/h6-7H,4-5,10H2,1-3H3/b9-6-. The van der Waals surface area contributed by atoms with Crippen molar-refractivity contribution in [1.29, 1.82) is 0 Å². The summed E-state index contributed by atoms with van der Waals surface area (Å²) in [6, 6.07) is 0. The lowest BCUT2D eigenvalue weighted by Gasteiger charge is -2.06. The molecule has 0 spiro atoms. The fourth-order valence-electron chi connectivity index (χ4n) is 0.371. The van der Waals surface area contributed by atoms with Gasteiger partial charge in [0.2, 0.25) is 0 Å². The Kier molecular flexibility index (Phi) is 4.42. The molecule has 0 aliphatic heterocycles. The molecule has 2 nitrogen and oxygen atoms in total. The van der Waals surface area contributed by atoms with Gasteiger partial charge in [0, 0.05) is 12.1 Å². The van der Waals surface area contributed by atoms with Gasteiger partial charge < -0.3 is 10.5 Å². The quantitative estimate of drug-likeness (QED) is 0.632. The van der Waals surface area contributed by atoms with Crippen LogP contribution >= 0.6 is 0 Å². The molecule has 0 aliphatic carbocycles. The Morgan fingerprint density at radius 2 is 2.18 bits per heavy atom. The summed E-state index contributed by atoms with van der Waals surface area (Å²) in [5, 5.41) is 0. The predicted octanol–water partition coefficient (Wildman–Crippen LogP) is 2.38. The van der Waals surface area contributed by atoms with Gasteiger partial charge in [0.1, 0.15) is 6.26 Å².